The Balaban J connectivity index is 3.57. The van der Waals surface area contributed by atoms with Crippen LogP contribution < -0.4 is 11.5 Å². The molecule has 0 aromatic rings. The van der Waals surface area contributed by atoms with E-state index in [0.29, 0.717) is 0 Å². The van der Waals surface area contributed by atoms with E-state index in [4.69, 9.17) is 5.73 Å². The first-order valence-corrected chi connectivity index (χ1v) is 1.17. The second kappa shape index (κ2) is 1.40. The molecule has 0 saturated carbocycles. The monoisotopic (exact) mass is 86.0 g/mol. The summed E-state index contributed by atoms with van der Waals surface area (Å²) in [5.41, 5.74) is 11.7. The van der Waals surface area contributed by atoms with Crippen molar-refractivity contribution in [2.45, 2.75) is 0 Å². The van der Waals surface area contributed by atoms with Crippen molar-refractivity contribution < 1.29 is 9.59 Å². The second-order valence-corrected chi connectivity index (χ2v) is 0.669. The largest absolute Gasteiger partial charge is 0.361 e. The number of nitrogens with two attached hydrogens (primary N) is 1. The van der Waals surface area contributed by atoms with E-state index in [0.717, 1.165) is 0 Å². The van der Waals surface area contributed by atoms with Crippen LogP contribution in [-0.4, -0.2) is 11.8 Å². The van der Waals surface area contributed by atoms with Crippen molar-refractivity contribution in [3.8, 4) is 0 Å². The Kier molecular flexibility index (Phi) is 1.15. The van der Waals surface area contributed by atoms with Gasteiger partial charge in [0.05, 0.1) is 0 Å². The van der Waals surface area contributed by atoms with E-state index >= 15 is 0 Å². The lowest BCUT2D eigenvalue weighted by Gasteiger charge is -1.70. The van der Waals surface area contributed by atoms with Gasteiger partial charge >= 0.3 is 11.8 Å². The molecule has 0 saturated heterocycles. The van der Waals surface area contributed by atoms with Gasteiger partial charge in [0.2, 0.25) is 0 Å². The van der Waals surface area contributed by atoms with Gasteiger partial charge in [-0.1, -0.05) is 5.73 Å². The van der Waals surface area contributed by atoms with Gasteiger partial charge in [0.1, 0.15) is 0 Å². The van der Waals surface area contributed by atoms with E-state index in [1.54, 1.807) is 0 Å². The summed E-state index contributed by atoms with van der Waals surface area (Å²) in [4.78, 5) is 18.5. The quantitative estimate of drug-likeness (QED) is 0.348. The van der Waals surface area contributed by atoms with Crippen LogP contribution in [-0.2, 0) is 9.59 Å². The Morgan fingerprint density at radius 3 is 1.67 bits per heavy atom. The Bertz CT molecular complexity index is 75.5. The van der Waals surface area contributed by atoms with Crippen LogP contribution in [0.1, 0.15) is 0 Å². The molecule has 0 bridgehead atoms. The maximum absolute atomic E-state index is 9.32. The summed E-state index contributed by atoms with van der Waals surface area (Å²) in [5, 5.41) is 0. The molecule has 0 aliphatic rings. The molecular formula is C2H2N2O2. The smallest absolute Gasteiger partial charge is 0.353 e. The van der Waals surface area contributed by atoms with Crippen LogP contribution in [0.15, 0.2) is 0 Å². The third-order valence-electron chi connectivity index (χ3n) is 0.211. The van der Waals surface area contributed by atoms with Gasteiger partial charge in [0, 0.05) is 0 Å². The Morgan fingerprint density at radius 1 is 1.50 bits per heavy atom. The van der Waals surface area contributed by atoms with Gasteiger partial charge in [0.15, 0.2) is 0 Å². The maximum atomic E-state index is 9.32. The summed E-state index contributed by atoms with van der Waals surface area (Å²) in [6, 6.07) is 0. The maximum Gasteiger partial charge on any atom is 0.353 e. The highest BCUT2D eigenvalue weighted by molar-refractivity contribution is 6.33. The predicted molar refractivity (Wildman–Crippen MR) is 16.3 cm³/mol. The average molecular weight is 86.1 g/mol. The van der Waals surface area contributed by atoms with Crippen LogP contribution in [0.2, 0.25) is 0 Å². The highest BCUT2D eigenvalue weighted by Gasteiger charge is 2.00. The molecule has 0 fully saturated rings. The number of amides is 2. The van der Waals surface area contributed by atoms with Gasteiger partial charge in [-0.25, -0.2) is 0 Å². The second-order valence-electron chi connectivity index (χ2n) is 0.669. The third-order valence-corrected chi connectivity index (χ3v) is 0.211. The van der Waals surface area contributed by atoms with Crippen molar-refractivity contribution in [2.75, 3.05) is 0 Å². The Morgan fingerprint density at radius 2 is 1.67 bits per heavy atom. The van der Waals surface area contributed by atoms with Gasteiger partial charge < -0.3 is 5.73 Å². The van der Waals surface area contributed by atoms with E-state index in [9.17, 15) is 9.59 Å². The van der Waals surface area contributed by atoms with E-state index in [1.165, 1.54) is 0 Å². The molecule has 0 spiro atoms. The van der Waals surface area contributed by atoms with Gasteiger partial charge in [0.25, 0.3) is 0 Å². The van der Waals surface area contributed by atoms with Gasteiger partial charge in [-0.05, 0) is 0 Å². The molecule has 0 heterocycles. The number of hydrogen-bond donors (Lipinski definition) is 1. The normalized spacial score (nSPS) is 7.33. The molecule has 0 aliphatic heterocycles. The molecule has 0 rings (SSSR count). The van der Waals surface area contributed by atoms with Crippen molar-refractivity contribution in [1.82, 2.24) is 5.73 Å². The van der Waals surface area contributed by atoms with E-state index in [-0.39, 0.29) is 0 Å². The van der Waals surface area contributed by atoms with Crippen LogP contribution in [0.3, 0.4) is 0 Å². The molecular weight excluding hydrogens is 84.0 g/mol. The summed E-state index contributed by atoms with van der Waals surface area (Å²) in [6.45, 7) is 0. The third kappa shape index (κ3) is 1.28. The first-order chi connectivity index (χ1) is 2.64. The molecule has 0 aromatic carbocycles. The number of hydrogen-bond acceptors (Lipinski definition) is 2. The van der Waals surface area contributed by atoms with E-state index in [1.807, 2.05) is 0 Å². The van der Waals surface area contributed by atoms with Crippen molar-refractivity contribution in [2.24, 2.45) is 5.73 Å². The summed E-state index contributed by atoms with van der Waals surface area (Å²) in [5.74, 6) is -2.93. The number of primary amides is 1. The van der Waals surface area contributed by atoms with E-state index < -0.39 is 11.8 Å². The zero-order chi connectivity index (χ0) is 5.15. The lowest BCUT2D eigenvalue weighted by atomic mass is 10.6. The van der Waals surface area contributed by atoms with Crippen LogP contribution in [0.25, 0.3) is 0 Å². The van der Waals surface area contributed by atoms with Gasteiger partial charge in [-0.3, -0.25) is 9.59 Å². The number of rotatable bonds is 0. The van der Waals surface area contributed by atoms with Gasteiger partial charge in [-0.2, -0.15) is 0 Å². The number of carbonyl (C=O) groups excluding carboxylic acids is 2. The SMILES string of the molecule is [N]C(=O)C(N)=O. The summed E-state index contributed by atoms with van der Waals surface area (Å²) >= 11 is 0. The molecule has 0 unspecified atom stereocenters. The molecule has 0 atom stereocenters. The zero-order valence-corrected chi connectivity index (χ0v) is 2.84. The van der Waals surface area contributed by atoms with Crippen molar-refractivity contribution >= 4 is 11.8 Å². The Hall–Kier alpha value is -1.06. The molecule has 32 valence electrons. The standard InChI is InChI=1S/C2H2N2O2/c3-1(5)2(4)6/h(H2,3,5). The molecule has 4 nitrogen and oxygen atoms in total. The minimum atomic E-state index is -1.60. The predicted octanol–water partition coefficient (Wildman–Crippen LogP) is -1.93. The topological polar surface area (TPSA) is 82.5 Å². The lowest BCUT2D eigenvalue weighted by Crippen LogP contribution is -2.23. The molecule has 2 amide bonds. The summed E-state index contributed by atoms with van der Waals surface area (Å²) in [6.07, 6.45) is 0. The van der Waals surface area contributed by atoms with Crippen LogP contribution in [0.4, 0.5) is 0 Å². The molecule has 0 aliphatic carbocycles. The fourth-order valence-corrected chi connectivity index (χ4v) is 0. The first kappa shape index (κ1) is 4.94. The Labute approximate surface area is 34.1 Å². The fraction of sp³-hybridized carbons (Fsp3) is 0. The zero-order valence-electron chi connectivity index (χ0n) is 2.84. The molecule has 2 N–H and O–H groups in total. The summed E-state index contributed by atoms with van der Waals surface area (Å²) in [7, 11) is 0. The minimum Gasteiger partial charge on any atom is -0.361 e. The highest BCUT2D eigenvalue weighted by Crippen LogP contribution is 1.49. The number of carbonyl (C=O) groups is 2. The van der Waals surface area contributed by atoms with Crippen molar-refractivity contribution in [1.29, 1.82) is 0 Å². The highest BCUT2D eigenvalue weighted by atomic mass is 16.2. The minimum absolute atomic E-state index is 1.32. The van der Waals surface area contributed by atoms with Crippen molar-refractivity contribution in [3.63, 3.8) is 0 Å². The van der Waals surface area contributed by atoms with E-state index in [2.05, 4.69) is 5.73 Å². The van der Waals surface area contributed by atoms with Crippen LogP contribution >= 0.6 is 0 Å². The molecule has 4 heteroatoms. The average Bonchev–Trinajstić information content (AvgIpc) is 1.36. The van der Waals surface area contributed by atoms with Crippen molar-refractivity contribution in [3.05, 3.63) is 0 Å². The summed E-state index contributed by atoms with van der Waals surface area (Å²) < 4.78 is 0. The fourth-order valence-electron chi connectivity index (χ4n) is 0. The molecule has 2 radical (unpaired) electrons. The van der Waals surface area contributed by atoms with Crippen LogP contribution in [0, 0.1) is 0 Å². The molecule has 0 aromatic heterocycles. The lowest BCUT2D eigenvalue weighted by molar-refractivity contribution is -0.135. The number of nitrogens with zero attached hydrogens (tertiary/aromatic N) is 1. The molecule has 6 heavy (non-hydrogen) atoms. The first-order valence-electron chi connectivity index (χ1n) is 1.17. The van der Waals surface area contributed by atoms with Gasteiger partial charge in [-0.15, -0.1) is 0 Å². The van der Waals surface area contributed by atoms with Crippen LogP contribution in [0.5, 0.6) is 0 Å².